The molecule has 1 aliphatic rings. The molecule has 0 bridgehead atoms. The Hall–Kier alpha value is -1.08. The molecule has 3 rings (SSSR count). The second kappa shape index (κ2) is 3.96. The highest BCUT2D eigenvalue weighted by Gasteiger charge is 2.28. The van der Waals surface area contributed by atoms with Gasteiger partial charge in [-0.15, -0.1) is 0 Å². The fourth-order valence-corrected chi connectivity index (χ4v) is 3.16. The highest BCUT2D eigenvalue weighted by atomic mass is 35.5. The summed E-state index contributed by atoms with van der Waals surface area (Å²) >= 11 is 6.62. The second-order valence-electron chi connectivity index (χ2n) is 6.21. The Morgan fingerprint density at radius 3 is 2.83 bits per heavy atom. The minimum absolute atomic E-state index is 0.343. The highest BCUT2D eigenvalue weighted by molar-refractivity contribution is 6.36. The number of aromatic nitrogens is 1. The van der Waals surface area contributed by atoms with Crippen molar-refractivity contribution in [1.82, 2.24) is 4.98 Å². The Labute approximate surface area is 113 Å². The molecule has 1 nitrogen and oxygen atoms in total. The van der Waals surface area contributed by atoms with Crippen molar-refractivity contribution >= 4 is 22.5 Å². The molecule has 0 amide bonds. The summed E-state index contributed by atoms with van der Waals surface area (Å²) in [6, 6.07) is 6.33. The van der Waals surface area contributed by atoms with Gasteiger partial charge in [0.25, 0.3) is 0 Å². The zero-order valence-electron chi connectivity index (χ0n) is 11.2. The summed E-state index contributed by atoms with van der Waals surface area (Å²) in [4.78, 5) is 4.80. The van der Waals surface area contributed by atoms with Gasteiger partial charge in [0, 0.05) is 11.1 Å². The maximum atomic E-state index is 6.62. The van der Waals surface area contributed by atoms with E-state index in [0.29, 0.717) is 5.41 Å². The van der Waals surface area contributed by atoms with Crippen LogP contribution in [0, 0.1) is 12.3 Å². The van der Waals surface area contributed by atoms with Crippen LogP contribution >= 0.6 is 11.6 Å². The molecular weight excluding hydrogens is 242 g/mol. The fraction of sp³-hybridized carbons (Fsp3) is 0.438. The number of hydrogen-bond acceptors (Lipinski definition) is 1. The number of aryl methyl sites for hydroxylation is 2. The van der Waals surface area contributed by atoms with Gasteiger partial charge in [0.05, 0.1) is 10.5 Å². The minimum Gasteiger partial charge on any atom is -0.252 e. The van der Waals surface area contributed by atoms with Gasteiger partial charge >= 0.3 is 0 Å². The quantitative estimate of drug-likeness (QED) is 0.668. The van der Waals surface area contributed by atoms with E-state index in [1.54, 1.807) is 0 Å². The molecule has 1 aromatic heterocycles. The molecule has 0 atom stereocenters. The van der Waals surface area contributed by atoms with Crippen LogP contribution in [0.2, 0.25) is 5.02 Å². The van der Waals surface area contributed by atoms with Crippen LogP contribution < -0.4 is 0 Å². The highest BCUT2D eigenvalue weighted by Crippen LogP contribution is 2.39. The Morgan fingerprint density at radius 1 is 1.28 bits per heavy atom. The Kier molecular flexibility index (Phi) is 2.63. The van der Waals surface area contributed by atoms with Crippen molar-refractivity contribution in [2.45, 2.75) is 40.0 Å². The third-order valence-electron chi connectivity index (χ3n) is 3.95. The number of rotatable bonds is 0. The van der Waals surface area contributed by atoms with Crippen molar-refractivity contribution < 1.29 is 0 Å². The molecule has 0 unspecified atom stereocenters. The van der Waals surface area contributed by atoms with Crippen LogP contribution in [0.25, 0.3) is 10.9 Å². The van der Waals surface area contributed by atoms with Crippen molar-refractivity contribution in [3.8, 4) is 0 Å². The first-order chi connectivity index (χ1) is 8.46. The lowest BCUT2D eigenvalue weighted by atomic mass is 9.76. The molecule has 0 spiro atoms. The van der Waals surface area contributed by atoms with E-state index in [4.69, 9.17) is 16.6 Å². The number of halogens is 1. The van der Waals surface area contributed by atoms with Gasteiger partial charge in [0.15, 0.2) is 0 Å². The first-order valence-electron chi connectivity index (χ1n) is 6.54. The zero-order chi connectivity index (χ0) is 12.9. The Morgan fingerprint density at radius 2 is 2.06 bits per heavy atom. The Bertz CT molecular complexity index is 629. The summed E-state index contributed by atoms with van der Waals surface area (Å²) in [6.45, 7) is 6.72. The van der Waals surface area contributed by atoms with Gasteiger partial charge < -0.3 is 0 Å². The molecule has 0 fully saturated rings. The van der Waals surface area contributed by atoms with Crippen LogP contribution in [0.1, 0.15) is 37.1 Å². The van der Waals surface area contributed by atoms with Crippen LogP contribution in [0.4, 0.5) is 0 Å². The topological polar surface area (TPSA) is 12.9 Å². The molecule has 94 valence electrons. The van der Waals surface area contributed by atoms with Gasteiger partial charge in [-0.25, -0.2) is 0 Å². The molecule has 2 aromatic rings. The minimum atomic E-state index is 0.343. The van der Waals surface area contributed by atoms with Crippen LogP contribution in [0.15, 0.2) is 18.2 Å². The first kappa shape index (κ1) is 12.0. The van der Waals surface area contributed by atoms with E-state index in [0.717, 1.165) is 28.8 Å². The van der Waals surface area contributed by atoms with Gasteiger partial charge in [-0.1, -0.05) is 37.1 Å². The van der Waals surface area contributed by atoms with Crippen LogP contribution in [-0.4, -0.2) is 4.98 Å². The summed E-state index contributed by atoms with van der Waals surface area (Å²) in [7, 11) is 0. The second-order valence-corrected chi connectivity index (χ2v) is 6.59. The SMILES string of the molecule is Cc1ccc2nc3c(c(Cl)c2c1)CC(C)(C)CC3. The van der Waals surface area contributed by atoms with E-state index >= 15 is 0 Å². The third-order valence-corrected chi connectivity index (χ3v) is 4.38. The van der Waals surface area contributed by atoms with Crippen LogP contribution in [-0.2, 0) is 12.8 Å². The van der Waals surface area contributed by atoms with E-state index in [1.165, 1.54) is 23.2 Å². The van der Waals surface area contributed by atoms with Crippen molar-refractivity contribution in [3.05, 3.63) is 40.0 Å². The van der Waals surface area contributed by atoms with Crippen molar-refractivity contribution in [2.24, 2.45) is 5.41 Å². The lowest BCUT2D eigenvalue weighted by molar-refractivity contribution is 0.313. The van der Waals surface area contributed by atoms with Crippen LogP contribution in [0.3, 0.4) is 0 Å². The lowest BCUT2D eigenvalue weighted by Crippen LogP contribution is -2.23. The standard InChI is InChI=1S/C16H18ClN/c1-10-4-5-13-11(8-10)15(17)12-9-16(2,3)7-6-14(12)18-13/h4-5,8H,6-7,9H2,1-3H3. The van der Waals surface area contributed by atoms with E-state index in [1.807, 2.05) is 0 Å². The number of fused-ring (bicyclic) bond motifs is 2. The van der Waals surface area contributed by atoms with Gasteiger partial charge in [-0.3, -0.25) is 4.98 Å². The Balaban J connectivity index is 2.27. The molecule has 0 aliphatic heterocycles. The first-order valence-corrected chi connectivity index (χ1v) is 6.92. The van der Waals surface area contributed by atoms with Gasteiger partial charge in [0.2, 0.25) is 0 Å². The van der Waals surface area contributed by atoms with Crippen LogP contribution in [0.5, 0.6) is 0 Å². The monoisotopic (exact) mass is 259 g/mol. The van der Waals surface area contributed by atoms with E-state index < -0.39 is 0 Å². The normalized spacial score (nSPS) is 17.8. The fourth-order valence-electron chi connectivity index (χ4n) is 2.84. The summed E-state index contributed by atoms with van der Waals surface area (Å²) in [6.07, 6.45) is 3.28. The number of benzene rings is 1. The van der Waals surface area contributed by atoms with Gasteiger partial charge in [-0.05, 0) is 49.3 Å². The molecule has 0 saturated heterocycles. The van der Waals surface area contributed by atoms with Crippen molar-refractivity contribution in [1.29, 1.82) is 0 Å². The number of pyridine rings is 1. The summed E-state index contributed by atoms with van der Waals surface area (Å²) < 4.78 is 0. The molecule has 1 aliphatic carbocycles. The molecule has 1 heterocycles. The molecule has 18 heavy (non-hydrogen) atoms. The average Bonchev–Trinajstić information content (AvgIpc) is 2.31. The van der Waals surface area contributed by atoms with Crippen molar-refractivity contribution in [3.63, 3.8) is 0 Å². The smallest absolute Gasteiger partial charge is 0.0720 e. The van der Waals surface area contributed by atoms with E-state index in [9.17, 15) is 0 Å². The number of nitrogens with zero attached hydrogens (tertiary/aromatic N) is 1. The van der Waals surface area contributed by atoms with E-state index in [-0.39, 0.29) is 0 Å². The lowest BCUT2D eigenvalue weighted by Gasteiger charge is -2.31. The summed E-state index contributed by atoms with van der Waals surface area (Å²) in [5, 5.41) is 2.03. The maximum absolute atomic E-state index is 6.62. The molecule has 0 radical (unpaired) electrons. The zero-order valence-corrected chi connectivity index (χ0v) is 11.9. The van der Waals surface area contributed by atoms with Gasteiger partial charge in [-0.2, -0.15) is 0 Å². The molecular formula is C16H18ClN. The van der Waals surface area contributed by atoms with E-state index in [2.05, 4.69) is 39.0 Å². The predicted octanol–water partition coefficient (Wildman–Crippen LogP) is 4.71. The maximum Gasteiger partial charge on any atom is 0.0720 e. The molecule has 0 N–H and O–H groups in total. The average molecular weight is 260 g/mol. The summed E-state index contributed by atoms with van der Waals surface area (Å²) in [5.41, 5.74) is 5.09. The summed E-state index contributed by atoms with van der Waals surface area (Å²) in [5.74, 6) is 0. The van der Waals surface area contributed by atoms with Gasteiger partial charge in [0.1, 0.15) is 0 Å². The molecule has 2 heteroatoms. The third kappa shape index (κ3) is 1.91. The predicted molar refractivity (Wildman–Crippen MR) is 77.3 cm³/mol. The molecule has 0 saturated carbocycles. The largest absolute Gasteiger partial charge is 0.252 e. The number of hydrogen-bond donors (Lipinski definition) is 0. The van der Waals surface area contributed by atoms with Crippen molar-refractivity contribution in [2.75, 3.05) is 0 Å². The molecule has 1 aromatic carbocycles.